The molecule has 0 aromatic heterocycles. The van der Waals surface area contributed by atoms with Gasteiger partial charge in [-0.15, -0.1) is 11.8 Å². The van der Waals surface area contributed by atoms with Crippen molar-refractivity contribution in [3.8, 4) is 6.07 Å². The minimum Gasteiger partial charge on any atom is -0.303 e. The van der Waals surface area contributed by atoms with Gasteiger partial charge in [0.15, 0.2) is 0 Å². The zero-order chi connectivity index (χ0) is 12.9. The Balaban J connectivity index is 2.52. The van der Waals surface area contributed by atoms with Gasteiger partial charge in [-0.05, 0) is 57.5 Å². The second-order valence-electron chi connectivity index (χ2n) is 4.54. The molecule has 2 nitrogen and oxygen atoms in total. The molecule has 92 valence electrons. The van der Waals surface area contributed by atoms with Crippen LogP contribution in [0.2, 0.25) is 0 Å². The minimum absolute atomic E-state index is 0.410. The number of benzene rings is 1. The molecule has 0 aliphatic rings. The van der Waals surface area contributed by atoms with Crippen LogP contribution in [0.5, 0.6) is 0 Å². The van der Waals surface area contributed by atoms with Gasteiger partial charge in [-0.1, -0.05) is 6.07 Å². The molecule has 1 rings (SSSR count). The molecule has 3 heteroatoms. The van der Waals surface area contributed by atoms with Crippen molar-refractivity contribution < 1.29 is 0 Å². The van der Waals surface area contributed by atoms with Gasteiger partial charge in [0, 0.05) is 10.6 Å². The average Bonchev–Trinajstić information content (AvgIpc) is 2.33. The van der Waals surface area contributed by atoms with Crippen LogP contribution in [0, 0.1) is 25.2 Å². The average molecular weight is 248 g/mol. The highest BCUT2D eigenvalue weighted by Gasteiger charge is 2.20. The predicted octanol–water partition coefficient (Wildman–Crippen LogP) is 3.29. The molecule has 1 N–H and O–H groups in total. The van der Waals surface area contributed by atoms with E-state index in [1.54, 1.807) is 0 Å². The van der Waals surface area contributed by atoms with Gasteiger partial charge in [-0.3, -0.25) is 0 Å². The summed E-state index contributed by atoms with van der Waals surface area (Å²) in [5.74, 6) is 0.952. The molecule has 0 bridgehead atoms. The molecule has 1 atom stereocenters. The molecule has 1 aromatic rings. The van der Waals surface area contributed by atoms with Gasteiger partial charge in [0.05, 0.1) is 6.07 Å². The van der Waals surface area contributed by atoms with Crippen LogP contribution in [0.4, 0.5) is 0 Å². The lowest BCUT2D eigenvalue weighted by molar-refractivity contribution is 0.480. The molecule has 0 spiro atoms. The highest BCUT2D eigenvalue weighted by molar-refractivity contribution is 7.99. The fraction of sp³-hybridized carbons (Fsp3) is 0.500. The van der Waals surface area contributed by atoms with Gasteiger partial charge in [-0.2, -0.15) is 5.26 Å². The fourth-order valence-corrected chi connectivity index (χ4v) is 2.58. The van der Waals surface area contributed by atoms with Gasteiger partial charge < -0.3 is 5.32 Å². The molecule has 1 aromatic carbocycles. The summed E-state index contributed by atoms with van der Waals surface area (Å²) < 4.78 is 0. The number of aryl methyl sites for hydroxylation is 2. The zero-order valence-corrected chi connectivity index (χ0v) is 11.8. The van der Waals surface area contributed by atoms with Crippen LogP contribution < -0.4 is 5.32 Å². The number of nitriles is 1. The normalized spacial score (nSPS) is 14.1. The molecule has 0 saturated heterocycles. The summed E-state index contributed by atoms with van der Waals surface area (Å²) in [5, 5.41) is 12.1. The van der Waals surface area contributed by atoms with E-state index in [0.29, 0.717) is 0 Å². The summed E-state index contributed by atoms with van der Waals surface area (Å²) in [4.78, 5) is 1.28. The second-order valence-corrected chi connectivity index (χ2v) is 5.71. The van der Waals surface area contributed by atoms with Crippen molar-refractivity contribution in [3.63, 3.8) is 0 Å². The van der Waals surface area contributed by atoms with Crippen molar-refractivity contribution in [2.45, 2.75) is 37.6 Å². The van der Waals surface area contributed by atoms with E-state index in [0.717, 1.165) is 12.2 Å². The standard InChI is InChI=1S/C14H20N2S/c1-11-5-6-13(9-12(11)2)17-8-7-14(3,10-15)16-4/h5-6,9,16H,7-8H2,1-4H3. The van der Waals surface area contributed by atoms with Crippen molar-refractivity contribution in [1.82, 2.24) is 5.32 Å². The van der Waals surface area contributed by atoms with Crippen LogP contribution in [0.3, 0.4) is 0 Å². The van der Waals surface area contributed by atoms with Gasteiger partial charge in [0.1, 0.15) is 5.54 Å². The Morgan fingerprint density at radius 3 is 2.59 bits per heavy atom. The SMILES string of the molecule is CNC(C)(C#N)CCSc1ccc(C)c(C)c1. The third-order valence-corrected chi connectivity index (χ3v) is 4.14. The molecule has 0 amide bonds. The molecule has 0 heterocycles. The minimum atomic E-state index is -0.410. The molecule has 1 unspecified atom stereocenters. The van der Waals surface area contributed by atoms with E-state index in [1.165, 1.54) is 16.0 Å². The van der Waals surface area contributed by atoms with E-state index >= 15 is 0 Å². The molecular formula is C14H20N2S. The van der Waals surface area contributed by atoms with Crippen LogP contribution >= 0.6 is 11.8 Å². The fourth-order valence-electron chi connectivity index (χ4n) is 1.41. The molecule has 0 aliphatic carbocycles. The molecule has 0 aliphatic heterocycles. The van der Waals surface area contributed by atoms with Crippen molar-refractivity contribution in [3.05, 3.63) is 29.3 Å². The Hall–Kier alpha value is -0.980. The van der Waals surface area contributed by atoms with E-state index in [4.69, 9.17) is 5.26 Å². The number of hydrogen-bond acceptors (Lipinski definition) is 3. The Labute approximate surface area is 108 Å². The lowest BCUT2D eigenvalue weighted by atomic mass is 10.0. The van der Waals surface area contributed by atoms with E-state index in [-0.39, 0.29) is 0 Å². The Morgan fingerprint density at radius 2 is 2.06 bits per heavy atom. The third-order valence-electron chi connectivity index (χ3n) is 3.15. The Bertz CT molecular complexity index is 423. The maximum Gasteiger partial charge on any atom is 0.104 e. The van der Waals surface area contributed by atoms with Crippen molar-refractivity contribution in [1.29, 1.82) is 5.26 Å². The van der Waals surface area contributed by atoms with E-state index in [1.807, 2.05) is 25.7 Å². The van der Waals surface area contributed by atoms with Crippen LogP contribution in [-0.2, 0) is 0 Å². The summed E-state index contributed by atoms with van der Waals surface area (Å²) in [7, 11) is 1.84. The van der Waals surface area contributed by atoms with Crippen LogP contribution in [0.15, 0.2) is 23.1 Å². The second kappa shape index (κ2) is 6.09. The van der Waals surface area contributed by atoms with Crippen LogP contribution in [-0.4, -0.2) is 18.3 Å². The maximum atomic E-state index is 9.04. The number of hydrogen-bond donors (Lipinski definition) is 1. The summed E-state index contributed by atoms with van der Waals surface area (Å²) in [6, 6.07) is 8.82. The smallest absolute Gasteiger partial charge is 0.104 e. The van der Waals surface area contributed by atoms with Gasteiger partial charge in [0.25, 0.3) is 0 Å². The third kappa shape index (κ3) is 4.07. The first-order valence-electron chi connectivity index (χ1n) is 5.81. The molecule has 17 heavy (non-hydrogen) atoms. The first-order chi connectivity index (χ1) is 8.00. The zero-order valence-electron chi connectivity index (χ0n) is 11.0. The topological polar surface area (TPSA) is 35.8 Å². The number of nitrogens with zero attached hydrogens (tertiary/aromatic N) is 1. The largest absolute Gasteiger partial charge is 0.303 e. The summed E-state index contributed by atoms with van der Waals surface area (Å²) in [5.41, 5.74) is 2.24. The number of nitrogens with one attached hydrogen (secondary N) is 1. The van der Waals surface area contributed by atoms with Crippen molar-refractivity contribution in [2.24, 2.45) is 0 Å². The van der Waals surface area contributed by atoms with E-state index in [9.17, 15) is 0 Å². The van der Waals surface area contributed by atoms with E-state index in [2.05, 4.69) is 43.4 Å². The molecular weight excluding hydrogens is 228 g/mol. The molecule has 0 fully saturated rings. The molecule has 0 saturated carbocycles. The van der Waals surface area contributed by atoms with Crippen LogP contribution in [0.25, 0.3) is 0 Å². The summed E-state index contributed by atoms with van der Waals surface area (Å²) in [6.45, 7) is 6.19. The highest BCUT2D eigenvalue weighted by atomic mass is 32.2. The quantitative estimate of drug-likeness (QED) is 0.812. The monoisotopic (exact) mass is 248 g/mol. The van der Waals surface area contributed by atoms with E-state index < -0.39 is 5.54 Å². The van der Waals surface area contributed by atoms with Gasteiger partial charge >= 0.3 is 0 Å². The van der Waals surface area contributed by atoms with Crippen molar-refractivity contribution in [2.75, 3.05) is 12.8 Å². The lowest BCUT2D eigenvalue weighted by Gasteiger charge is -2.20. The van der Waals surface area contributed by atoms with Crippen LogP contribution in [0.1, 0.15) is 24.5 Å². The molecule has 0 radical (unpaired) electrons. The first kappa shape index (κ1) is 14.1. The number of rotatable bonds is 5. The maximum absolute atomic E-state index is 9.04. The summed E-state index contributed by atoms with van der Waals surface area (Å²) in [6.07, 6.45) is 0.845. The lowest BCUT2D eigenvalue weighted by Crippen LogP contribution is -2.38. The Morgan fingerprint density at radius 1 is 1.35 bits per heavy atom. The Kier molecular flexibility index (Phi) is 5.04. The van der Waals surface area contributed by atoms with Gasteiger partial charge in [0.2, 0.25) is 0 Å². The van der Waals surface area contributed by atoms with Crippen molar-refractivity contribution >= 4 is 11.8 Å². The summed E-state index contributed by atoms with van der Waals surface area (Å²) >= 11 is 1.81. The highest BCUT2D eigenvalue weighted by Crippen LogP contribution is 2.23. The first-order valence-corrected chi connectivity index (χ1v) is 6.79. The van der Waals surface area contributed by atoms with Gasteiger partial charge in [-0.25, -0.2) is 0 Å². The number of thioether (sulfide) groups is 1. The predicted molar refractivity (Wildman–Crippen MR) is 74.3 cm³/mol.